The Balaban J connectivity index is 2.66. The molecular formula is C11H16ClNO2. The van der Waals surface area contributed by atoms with Crippen LogP contribution in [-0.2, 0) is 4.74 Å². The number of pyridine rings is 1. The third kappa shape index (κ3) is 3.68. The highest BCUT2D eigenvalue weighted by molar-refractivity contribution is 6.30. The number of hydrogen-bond donors (Lipinski definition) is 0. The largest absolute Gasteiger partial charge is 0.488 e. The van der Waals surface area contributed by atoms with Crippen molar-refractivity contribution in [3.8, 4) is 5.75 Å². The molecule has 0 aliphatic rings. The molecule has 3 nitrogen and oxygen atoms in total. The van der Waals surface area contributed by atoms with Gasteiger partial charge >= 0.3 is 0 Å². The Bertz CT molecular complexity index is 315. The van der Waals surface area contributed by atoms with Crippen LogP contribution in [0.2, 0.25) is 5.15 Å². The molecule has 0 spiro atoms. The zero-order valence-electron chi connectivity index (χ0n) is 9.29. The lowest BCUT2D eigenvalue weighted by Crippen LogP contribution is -2.05. The Labute approximate surface area is 95.4 Å². The molecule has 1 heterocycles. The van der Waals surface area contributed by atoms with E-state index in [4.69, 9.17) is 21.1 Å². The van der Waals surface area contributed by atoms with Crippen LogP contribution in [-0.4, -0.2) is 25.3 Å². The first-order valence-electron chi connectivity index (χ1n) is 4.93. The highest BCUT2D eigenvalue weighted by atomic mass is 35.5. The monoisotopic (exact) mass is 229 g/mol. The summed E-state index contributed by atoms with van der Waals surface area (Å²) < 4.78 is 10.3. The van der Waals surface area contributed by atoms with Gasteiger partial charge in [-0.05, 0) is 18.1 Å². The van der Waals surface area contributed by atoms with Crippen molar-refractivity contribution in [1.29, 1.82) is 0 Å². The normalized spacial score (nSPS) is 10.7. The number of halogens is 1. The van der Waals surface area contributed by atoms with Gasteiger partial charge in [0.2, 0.25) is 0 Å². The summed E-state index contributed by atoms with van der Waals surface area (Å²) in [5.41, 5.74) is 0.971. The van der Waals surface area contributed by atoms with Crippen molar-refractivity contribution >= 4 is 11.6 Å². The smallest absolute Gasteiger partial charge is 0.171 e. The summed E-state index contributed by atoms with van der Waals surface area (Å²) in [5.74, 6) is 0.980. The summed E-state index contributed by atoms with van der Waals surface area (Å²) in [6.45, 7) is 5.18. The van der Waals surface area contributed by atoms with Gasteiger partial charge in [0.25, 0.3) is 0 Å². The van der Waals surface area contributed by atoms with E-state index in [1.165, 1.54) is 0 Å². The van der Waals surface area contributed by atoms with Crippen molar-refractivity contribution in [2.45, 2.75) is 19.8 Å². The van der Waals surface area contributed by atoms with Crippen molar-refractivity contribution in [3.05, 3.63) is 23.0 Å². The lowest BCUT2D eigenvalue weighted by atomic mass is 10.1. The van der Waals surface area contributed by atoms with Gasteiger partial charge in [-0.15, -0.1) is 0 Å². The molecule has 0 radical (unpaired) electrons. The van der Waals surface area contributed by atoms with Crippen molar-refractivity contribution in [2.75, 3.05) is 20.3 Å². The van der Waals surface area contributed by atoms with E-state index in [0.717, 1.165) is 5.69 Å². The first-order valence-corrected chi connectivity index (χ1v) is 5.31. The summed E-state index contributed by atoms with van der Waals surface area (Å²) in [4.78, 5) is 4.25. The van der Waals surface area contributed by atoms with Crippen molar-refractivity contribution in [3.63, 3.8) is 0 Å². The second-order valence-corrected chi connectivity index (χ2v) is 3.88. The van der Waals surface area contributed by atoms with Crippen LogP contribution in [0.1, 0.15) is 25.5 Å². The summed E-state index contributed by atoms with van der Waals surface area (Å²) in [5, 5.41) is 0.414. The minimum absolute atomic E-state index is 0.371. The molecule has 1 rings (SSSR count). The maximum absolute atomic E-state index is 5.98. The Hall–Kier alpha value is -0.800. The molecule has 4 heteroatoms. The molecule has 0 atom stereocenters. The van der Waals surface area contributed by atoms with E-state index in [2.05, 4.69) is 18.8 Å². The highest BCUT2D eigenvalue weighted by Gasteiger charge is 2.06. The van der Waals surface area contributed by atoms with E-state index in [-0.39, 0.29) is 0 Å². The number of aromatic nitrogens is 1. The molecule has 0 amide bonds. The summed E-state index contributed by atoms with van der Waals surface area (Å²) >= 11 is 5.98. The number of nitrogens with zero attached hydrogens (tertiary/aromatic N) is 1. The molecular weight excluding hydrogens is 214 g/mol. The molecule has 0 fully saturated rings. The van der Waals surface area contributed by atoms with E-state index >= 15 is 0 Å². The standard InChI is InChI=1S/C11H16ClNO2/c1-8(2)9-4-5-10(11(12)13-9)15-7-6-14-3/h4-5,8H,6-7H2,1-3H3. The maximum atomic E-state index is 5.98. The molecule has 84 valence electrons. The van der Waals surface area contributed by atoms with Crippen molar-refractivity contribution in [1.82, 2.24) is 4.98 Å². The number of ether oxygens (including phenoxy) is 2. The van der Waals surface area contributed by atoms with Crippen molar-refractivity contribution < 1.29 is 9.47 Å². The summed E-state index contributed by atoms with van der Waals surface area (Å²) in [6.07, 6.45) is 0. The summed E-state index contributed by atoms with van der Waals surface area (Å²) in [7, 11) is 1.63. The average Bonchev–Trinajstić information content (AvgIpc) is 2.20. The van der Waals surface area contributed by atoms with Crippen LogP contribution in [0, 0.1) is 0 Å². The number of hydrogen-bond acceptors (Lipinski definition) is 3. The van der Waals surface area contributed by atoms with Crippen LogP contribution in [0.4, 0.5) is 0 Å². The molecule has 1 aromatic rings. The fourth-order valence-corrected chi connectivity index (χ4v) is 1.31. The molecule has 0 aliphatic carbocycles. The van der Waals surface area contributed by atoms with E-state index in [0.29, 0.717) is 30.0 Å². The van der Waals surface area contributed by atoms with E-state index in [1.54, 1.807) is 7.11 Å². The van der Waals surface area contributed by atoms with Gasteiger partial charge in [-0.2, -0.15) is 0 Å². The van der Waals surface area contributed by atoms with Crippen LogP contribution in [0.5, 0.6) is 5.75 Å². The van der Waals surface area contributed by atoms with E-state index in [1.807, 2.05) is 12.1 Å². The van der Waals surface area contributed by atoms with Gasteiger partial charge in [0.1, 0.15) is 6.61 Å². The van der Waals surface area contributed by atoms with Crippen LogP contribution < -0.4 is 4.74 Å². The molecule has 0 unspecified atom stereocenters. The van der Waals surface area contributed by atoms with Crippen molar-refractivity contribution in [2.24, 2.45) is 0 Å². The Morgan fingerprint density at radius 1 is 1.33 bits per heavy atom. The lowest BCUT2D eigenvalue weighted by Gasteiger charge is -2.09. The quantitative estimate of drug-likeness (QED) is 0.575. The van der Waals surface area contributed by atoms with E-state index in [9.17, 15) is 0 Å². The fourth-order valence-electron chi connectivity index (χ4n) is 1.10. The molecule has 0 aromatic carbocycles. The van der Waals surface area contributed by atoms with Crippen LogP contribution in [0.15, 0.2) is 12.1 Å². The van der Waals surface area contributed by atoms with Crippen LogP contribution in [0.25, 0.3) is 0 Å². The number of methoxy groups -OCH3 is 1. The van der Waals surface area contributed by atoms with Crippen LogP contribution in [0.3, 0.4) is 0 Å². The van der Waals surface area contributed by atoms with Gasteiger partial charge in [-0.3, -0.25) is 0 Å². The van der Waals surface area contributed by atoms with E-state index < -0.39 is 0 Å². The molecule has 1 aromatic heterocycles. The molecule has 0 saturated heterocycles. The highest BCUT2D eigenvalue weighted by Crippen LogP contribution is 2.24. The predicted molar refractivity (Wildman–Crippen MR) is 60.7 cm³/mol. The van der Waals surface area contributed by atoms with Gasteiger partial charge < -0.3 is 9.47 Å². The second-order valence-electron chi connectivity index (χ2n) is 3.52. The molecule has 15 heavy (non-hydrogen) atoms. The molecule has 0 saturated carbocycles. The number of rotatable bonds is 5. The first-order chi connectivity index (χ1) is 7.15. The predicted octanol–water partition coefficient (Wildman–Crippen LogP) is 2.88. The average molecular weight is 230 g/mol. The Kier molecular flexibility index (Phi) is 4.85. The van der Waals surface area contributed by atoms with Gasteiger partial charge in [-0.1, -0.05) is 25.4 Å². The summed E-state index contributed by atoms with van der Waals surface area (Å²) in [6, 6.07) is 3.78. The topological polar surface area (TPSA) is 31.4 Å². The van der Waals surface area contributed by atoms with Crippen LogP contribution >= 0.6 is 11.6 Å². The third-order valence-electron chi connectivity index (χ3n) is 1.97. The molecule has 0 bridgehead atoms. The minimum atomic E-state index is 0.371. The van der Waals surface area contributed by atoms with Gasteiger partial charge in [0.05, 0.1) is 6.61 Å². The minimum Gasteiger partial charge on any atom is -0.488 e. The zero-order valence-corrected chi connectivity index (χ0v) is 10.0. The van der Waals surface area contributed by atoms with Gasteiger partial charge in [0.15, 0.2) is 10.9 Å². The SMILES string of the molecule is COCCOc1ccc(C(C)C)nc1Cl. The van der Waals surface area contributed by atoms with Gasteiger partial charge in [0, 0.05) is 12.8 Å². The zero-order chi connectivity index (χ0) is 11.3. The lowest BCUT2D eigenvalue weighted by molar-refractivity contribution is 0.146. The Morgan fingerprint density at radius 3 is 2.60 bits per heavy atom. The van der Waals surface area contributed by atoms with Gasteiger partial charge in [-0.25, -0.2) is 4.98 Å². The third-order valence-corrected chi connectivity index (χ3v) is 2.24. The fraction of sp³-hybridized carbons (Fsp3) is 0.545. The maximum Gasteiger partial charge on any atom is 0.171 e. The Morgan fingerprint density at radius 2 is 2.07 bits per heavy atom. The second kappa shape index (κ2) is 5.93. The first kappa shape index (κ1) is 12.3. The molecule has 0 aliphatic heterocycles. The molecule has 0 N–H and O–H groups in total.